The Morgan fingerprint density at radius 2 is 1.51 bits per heavy atom. The van der Waals surface area contributed by atoms with Crippen LogP contribution in [0, 0.1) is 0 Å². The molecule has 1 spiro atoms. The second-order valence-corrected chi connectivity index (χ2v) is 11.6. The number of benzene rings is 2. The van der Waals surface area contributed by atoms with Gasteiger partial charge < -0.3 is 15.1 Å². The largest absolute Gasteiger partial charge is 0.341 e. The van der Waals surface area contributed by atoms with Crippen molar-refractivity contribution in [1.29, 1.82) is 0 Å². The number of piperidine rings is 1. The van der Waals surface area contributed by atoms with Crippen LogP contribution in [0.4, 0.5) is 0 Å². The van der Waals surface area contributed by atoms with Crippen molar-refractivity contribution in [3.63, 3.8) is 0 Å². The van der Waals surface area contributed by atoms with E-state index in [1.54, 1.807) is 11.8 Å². The van der Waals surface area contributed by atoms with Gasteiger partial charge in [-0.3, -0.25) is 9.59 Å². The van der Waals surface area contributed by atoms with Crippen LogP contribution in [-0.2, 0) is 21.8 Å². The van der Waals surface area contributed by atoms with Crippen LogP contribution >= 0.6 is 11.8 Å². The number of amides is 2. The summed E-state index contributed by atoms with van der Waals surface area (Å²) in [6.07, 6.45) is 8.46. The summed E-state index contributed by atoms with van der Waals surface area (Å²) in [4.78, 5) is 31.4. The first-order valence-electron chi connectivity index (χ1n) is 14.1. The number of carbonyl (C=O) groups excluding carboxylic acids is 2. The van der Waals surface area contributed by atoms with Crippen LogP contribution in [0.2, 0.25) is 0 Å². The Kier molecular flexibility index (Phi) is 10.5. The first-order chi connectivity index (χ1) is 18.1. The SMILES string of the molecule is CCCN1C(=O)[C@H](CSCc2ccccc2)NC(=O)C12CCN(CCCCCCc1ccccc1)CC2. The molecule has 1 N–H and O–H groups in total. The van der Waals surface area contributed by atoms with Gasteiger partial charge in [0.05, 0.1) is 0 Å². The average molecular weight is 522 g/mol. The summed E-state index contributed by atoms with van der Waals surface area (Å²) in [6.45, 7) is 5.62. The lowest BCUT2D eigenvalue weighted by Gasteiger charge is -2.51. The molecular formula is C31H43N3O2S. The zero-order valence-corrected chi connectivity index (χ0v) is 23.2. The van der Waals surface area contributed by atoms with Crippen LogP contribution in [0.1, 0.15) is 63.0 Å². The van der Waals surface area contributed by atoms with Gasteiger partial charge in [0.15, 0.2) is 0 Å². The summed E-state index contributed by atoms with van der Waals surface area (Å²) in [5, 5.41) is 3.13. The molecule has 2 heterocycles. The summed E-state index contributed by atoms with van der Waals surface area (Å²) in [5.74, 6) is 1.63. The van der Waals surface area contributed by atoms with Crippen LogP contribution in [0.25, 0.3) is 0 Å². The molecule has 0 aromatic heterocycles. The van der Waals surface area contributed by atoms with Gasteiger partial charge in [0.2, 0.25) is 11.8 Å². The minimum Gasteiger partial charge on any atom is -0.341 e. The smallest absolute Gasteiger partial charge is 0.246 e. The number of hydrogen-bond acceptors (Lipinski definition) is 4. The van der Waals surface area contributed by atoms with Crippen molar-refractivity contribution >= 4 is 23.6 Å². The van der Waals surface area contributed by atoms with Crippen LogP contribution in [-0.4, -0.2) is 65.1 Å². The van der Waals surface area contributed by atoms with Crippen LogP contribution in [0.15, 0.2) is 60.7 Å². The first kappa shape index (κ1) is 27.7. The van der Waals surface area contributed by atoms with E-state index in [1.807, 2.05) is 23.1 Å². The molecule has 0 aliphatic carbocycles. The van der Waals surface area contributed by atoms with Crippen molar-refractivity contribution in [3.05, 3.63) is 71.8 Å². The normalized spacial score (nSPS) is 19.8. The van der Waals surface area contributed by atoms with E-state index < -0.39 is 11.6 Å². The zero-order valence-electron chi connectivity index (χ0n) is 22.4. The highest BCUT2D eigenvalue weighted by molar-refractivity contribution is 7.98. The topological polar surface area (TPSA) is 52.7 Å². The quantitative estimate of drug-likeness (QED) is 0.364. The maximum atomic E-state index is 13.5. The van der Waals surface area contributed by atoms with E-state index in [9.17, 15) is 9.59 Å². The molecule has 37 heavy (non-hydrogen) atoms. The molecule has 0 unspecified atom stereocenters. The number of aryl methyl sites for hydroxylation is 1. The second kappa shape index (κ2) is 14.0. The summed E-state index contributed by atoms with van der Waals surface area (Å²) >= 11 is 1.72. The number of nitrogens with zero attached hydrogens (tertiary/aromatic N) is 2. The second-order valence-electron chi connectivity index (χ2n) is 10.5. The van der Waals surface area contributed by atoms with E-state index in [1.165, 1.54) is 36.8 Å². The molecule has 4 rings (SSSR count). The fourth-order valence-electron chi connectivity index (χ4n) is 5.71. The molecule has 2 aliphatic heterocycles. The van der Waals surface area contributed by atoms with Gasteiger partial charge in [-0.25, -0.2) is 0 Å². The van der Waals surface area contributed by atoms with Crippen LogP contribution in [0.5, 0.6) is 0 Å². The number of rotatable bonds is 13. The fraction of sp³-hybridized carbons (Fsp3) is 0.548. The molecule has 2 fully saturated rings. The molecule has 0 bridgehead atoms. The molecule has 2 aliphatic rings. The highest BCUT2D eigenvalue weighted by atomic mass is 32.2. The van der Waals surface area contributed by atoms with Crippen molar-refractivity contribution in [2.75, 3.05) is 31.9 Å². The maximum absolute atomic E-state index is 13.5. The first-order valence-corrected chi connectivity index (χ1v) is 15.3. The van der Waals surface area contributed by atoms with E-state index >= 15 is 0 Å². The van der Waals surface area contributed by atoms with E-state index in [2.05, 4.69) is 59.6 Å². The Labute approximate surface area is 227 Å². The highest BCUT2D eigenvalue weighted by Crippen LogP contribution is 2.34. The summed E-state index contributed by atoms with van der Waals surface area (Å²) in [6, 6.07) is 20.6. The minimum atomic E-state index is -0.667. The third-order valence-corrected chi connectivity index (χ3v) is 8.97. The van der Waals surface area contributed by atoms with Gasteiger partial charge in [-0.1, -0.05) is 80.4 Å². The molecule has 1 atom stereocenters. The highest BCUT2D eigenvalue weighted by Gasteiger charge is 2.53. The number of piperazine rings is 1. The van der Waals surface area contributed by atoms with Gasteiger partial charge in [-0.2, -0.15) is 11.8 Å². The number of unbranched alkanes of at least 4 members (excludes halogenated alkanes) is 3. The van der Waals surface area contributed by atoms with Gasteiger partial charge in [0.1, 0.15) is 11.6 Å². The Hall–Kier alpha value is -2.31. The Balaban J connectivity index is 1.21. The third kappa shape index (κ3) is 7.38. The standard InChI is InChI=1S/C31H43N3O2S/c1-2-20-34-29(35)28(25-37-24-27-16-10-6-11-17-27)32-30(36)31(34)18-22-33(23-19-31)21-12-4-3-7-13-26-14-8-5-9-15-26/h5-6,8-11,14-17,28H,2-4,7,12-13,18-25H2,1H3,(H,32,36)/t28-/m0/s1. The van der Waals surface area contributed by atoms with Crippen molar-refractivity contribution in [2.24, 2.45) is 0 Å². The molecule has 5 nitrogen and oxygen atoms in total. The molecule has 2 amide bonds. The average Bonchev–Trinajstić information content (AvgIpc) is 2.93. The van der Waals surface area contributed by atoms with E-state index in [0.29, 0.717) is 12.3 Å². The fourth-order valence-corrected chi connectivity index (χ4v) is 6.72. The number of carbonyl (C=O) groups is 2. The molecule has 2 saturated heterocycles. The maximum Gasteiger partial charge on any atom is 0.246 e. The Morgan fingerprint density at radius 3 is 2.19 bits per heavy atom. The predicted molar refractivity (Wildman–Crippen MR) is 154 cm³/mol. The molecule has 2 aromatic rings. The molecular weight excluding hydrogens is 478 g/mol. The van der Waals surface area contributed by atoms with E-state index in [4.69, 9.17) is 0 Å². The van der Waals surface area contributed by atoms with E-state index in [-0.39, 0.29) is 11.8 Å². The Bertz CT molecular complexity index is 976. The number of likely N-dealkylation sites (tertiary alicyclic amines) is 1. The number of thioether (sulfide) groups is 1. The van der Waals surface area contributed by atoms with Gasteiger partial charge in [-0.15, -0.1) is 0 Å². The number of nitrogens with one attached hydrogen (secondary N) is 1. The van der Waals surface area contributed by atoms with Gasteiger partial charge in [0, 0.05) is 31.1 Å². The predicted octanol–water partition coefficient (Wildman–Crippen LogP) is 5.29. The Morgan fingerprint density at radius 1 is 0.865 bits per heavy atom. The lowest BCUT2D eigenvalue weighted by molar-refractivity contribution is -0.160. The molecule has 2 aromatic carbocycles. The van der Waals surface area contributed by atoms with Gasteiger partial charge in [-0.05, 0) is 56.2 Å². The van der Waals surface area contributed by atoms with Crippen LogP contribution < -0.4 is 5.32 Å². The van der Waals surface area contributed by atoms with Gasteiger partial charge >= 0.3 is 0 Å². The molecule has 0 radical (unpaired) electrons. The minimum absolute atomic E-state index is 0.0615. The van der Waals surface area contributed by atoms with Crippen molar-refractivity contribution < 1.29 is 9.59 Å². The summed E-state index contributed by atoms with van der Waals surface area (Å²) in [7, 11) is 0. The third-order valence-electron chi connectivity index (χ3n) is 7.87. The summed E-state index contributed by atoms with van der Waals surface area (Å²) in [5.41, 5.74) is 2.00. The molecule has 0 saturated carbocycles. The number of hydrogen-bond donors (Lipinski definition) is 1. The lowest BCUT2D eigenvalue weighted by atomic mass is 9.81. The van der Waals surface area contributed by atoms with Crippen molar-refractivity contribution in [3.8, 4) is 0 Å². The zero-order chi connectivity index (χ0) is 25.9. The van der Waals surface area contributed by atoms with E-state index in [0.717, 1.165) is 51.1 Å². The molecule has 6 heteroatoms. The van der Waals surface area contributed by atoms with Crippen molar-refractivity contribution in [1.82, 2.24) is 15.1 Å². The molecule has 200 valence electrons. The monoisotopic (exact) mass is 521 g/mol. The lowest BCUT2D eigenvalue weighted by Crippen LogP contribution is -2.73. The van der Waals surface area contributed by atoms with Gasteiger partial charge in [0.25, 0.3) is 0 Å². The summed E-state index contributed by atoms with van der Waals surface area (Å²) < 4.78 is 0. The van der Waals surface area contributed by atoms with Crippen molar-refractivity contribution in [2.45, 2.75) is 75.6 Å². The van der Waals surface area contributed by atoms with Crippen LogP contribution in [0.3, 0.4) is 0 Å².